The van der Waals surface area contributed by atoms with Crippen molar-refractivity contribution < 1.29 is 17.9 Å². The molecule has 0 aromatic heterocycles. The molecule has 0 radical (unpaired) electrons. The van der Waals surface area contributed by atoms with E-state index in [0.717, 1.165) is 5.56 Å². The van der Waals surface area contributed by atoms with E-state index in [0.29, 0.717) is 0 Å². The second kappa shape index (κ2) is 5.80. The van der Waals surface area contributed by atoms with E-state index < -0.39 is 18.3 Å². The van der Waals surface area contributed by atoms with Crippen LogP contribution in [0.1, 0.15) is 18.9 Å². The normalized spacial score (nSPS) is 15.3. The van der Waals surface area contributed by atoms with E-state index in [1.54, 1.807) is 19.9 Å². The Bertz CT molecular complexity index is 409. The van der Waals surface area contributed by atoms with Crippen LogP contribution >= 0.6 is 11.6 Å². The number of nitrogens with two attached hydrogens (primary N) is 1. The van der Waals surface area contributed by atoms with Gasteiger partial charge in [-0.3, -0.25) is 0 Å². The Morgan fingerprint density at radius 2 is 2.00 bits per heavy atom. The van der Waals surface area contributed by atoms with Crippen molar-refractivity contribution in [1.82, 2.24) is 0 Å². The van der Waals surface area contributed by atoms with E-state index >= 15 is 0 Å². The fraction of sp³-hybridized carbons (Fsp3) is 0.500. The van der Waals surface area contributed by atoms with E-state index in [4.69, 9.17) is 22.1 Å². The minimum Gasteiger partial charge on any atom is -0.478 e. The summed E-state index contributed by atoms with van der Waals surface area (Å²) >= 11 is 5.81. The lowest BCUT2D eigenvalue weighted by molar-refractivity contribution is -0.200. The third-order valence-corrected chi connectivity index (χ3v) is 2.84. The first-order chi connectivity index (χ1) is 8.25. The summed E-state index contributed by atoms with van der Waals surface area (Å²) in [7, 11) is 0. The van der Waals surface area contributed by atoms with Crippen LogP contribution in [0.3, 0.4) is 0 Å². The quantitative estimate of drug-likeness (QED) is 0.913. The molecule has 0 saturated heterocycles. The molecular weight excluding hydrogens is 267 g/mol. The summed E-state index contributed by atoms with van der Waals surface area (Å²) in [6, 6.07) is 3.53. The van der Waals surface area contributed by atoms with Crippen LogP contribution < -0.4 is 10.5 Å². The van der Waals surface area contributed by atoms with Crippen LogP contribution in [-0.4, -0.2) is 18.3 Å². The Labute approximate surface area is 109 Å². The standard InChI is InChI=1S/C12H15ClF3NO/c1-3-9(17)11(12(14,15)16)18-10-6-7(2)4-5-8(10)13/h4-6,9,11H,3,17H2,1-2H3. The summed E-state index contributed by atoms with van der Waals surface area (Å²) in [5.41, 5.74) is 6.22. The minimum atomic E-state index is -4.53. The van der Waals surface area contributed by atoms with Gasteiger partial charge in [0.05, 0.1) is 11.1 Å². The molecule has 1 aromatic rings. The first-order valence-electron chi connectivity index (χ1n) is 5.50. The van der Waals surface area contributed by atoms with Crippen LogP contribution in [0.2, 0.25) is 5.02 Å². The monoisotopic (exact) mass is 281 g/mol. The van der Waals surface area contributed by atoms with Gasteiger partial charge in [-0.05, 0) is 31.0 Å². The zero-order chi connectivity index (χ0) is 13.9. The lowest BCUT2D eigenvalue weighted by Crippen LogP contribution is -2.48. The van der Waals surface area contributed by atoms with Crippen LogP contribution in [0, 0.1) is 6.92 Å². The molecule has 0 fully saturated rings. The molecule has 2 atom stereocenters. The Hall–Kier alpha value is -0.940. The lowest BCUT2D eigenvalue weighted by Gasteiger charge is -2.26. The number of halogens is 4. The number of aryl methyl sites for hydroxylation is 1. The van der Waals surface area contributed by atoms with Crippen LogP contribution in [0.4, 0.5) is 13.2 Å². The smallest absolute Gasteiger partial charge is 0.426 e. The SMILES string of the molecule is CCC(N)C(Oc1cc(C)ccc1Cl)C(F)(F)F. The summed E-state index contributed by atoms with van der Waals surface area (Å²) in [6.45, 7) is 3.32. The molecule has 2 unspecified atom stereocenters. The Balaban J connectivity index is 3.00. The molecule has 1 rings (SSSR count). The van der Waals surface area contributed by atoms with Crippen LogP contribution in [0.5, 0.6) is 5.75 Å². The zero-order valence-electron chi connectivity index (χ0n) is 10.1. The van der Waals surface area contributed by atoms with E-state index in [1.165, 1.54) is 12.1 Å². The van der Waals surface area contributed by atoms with Gasteiger partial charge in [0.25, 0.3) is 0 Å². The van der Waals surface area contributed by atoms with Gasteiger partial charge in [-0.2, -0.15) is 13.2 Å². The highest BCUT2D eigenvalue weighted by Crippen LogP contribution is 2.32. The van der Waals surface area contributed by atoms with Crippen molar-refractivity contribution in [3.05, 3.63) is 28.8 Å². The molecule has 102 valence electrons. The lowest BCUT2D eigenvalue weighted by atomic mass is 10.1. The number of hydrogen-bond donors (Lipinski definition) is 1. The maximum absolute atomic E-state index is 12.8. The van der Waals surface area contributed by atoms with Crippen molar-refractivity contribution in [2.24, 2.45) is 5.73 Å². The van der Waals surface area contributed by atoms with Gasteiger partial charge in [-0.25, -0.2) is 0 Å². The van der Waals surface area contributed by atoms with Crippen molar-refractivity contribution >= 4 is 11.6 Å². The summed E-state index contributed by atoms with van der Waals surface area (Å²) in [5, 5.41) is 0.137. The molecule has 0 aliphatic heterocycles. The fourth-order valence-corrected chi connectivity index (χ4v) is 1.61. The molecule has 0 bridgehead atoms. The highest BCUT2D eigenvalue weighted by atomic mass is 35.5. The molecule has 6 heteroatoms. The molecule has 2 nitrogen and oxygen atoms in total. The Kier molecular flexibility index (Phi) is 4.87. The average Bonchev–Trinajstić information content (AvgIpc) is 2.27. The molecule has 0 aliphatic carbocycles. The van der Waals surface area contributed by atoms with Gasteiger partial charge in [0.2, 0.25) is 6.10 Å². The minimum absolute atomic E-state index is 0.00268. The molecule has 0 aliphatic rings. The molecule has 18 heavy (non-hydrogen) atoms. The van der Waals surface area contributed by atoms with Gasteiger partial charge < -0.3 is 10.5 Å². The topological polar surface area (TPSA) is 35.2 Å². The van der Waals surface area contributed by atoms with Gasteiger partial charge >= 0.3 is 6.18 Å². The van der Waals surface area contributed by atoms with Crippen molar-refractivity contribution in [1.29, 1.82) is 0 Å². The maximum atomic E-state index is 12.8. The van der Waals surface area contributed by atoms with Crippen molar-refractivity contribution in [3.63, 3.8) is 0 Å². The number of benzene rings is 1. The largest absolute Gasteiger partial charge is 0.478 e. The third kappa shape index (κ3) is 3.78. The fourth-order valence-electron chi connectivity index (χ4n) is 1.45. The molecule has 0 saturated carbocycles. The maximum Gasteiger partial charge on any atom is 0.426 e. The van der Waals surface area contributed by atoms with Crippen LogP contribution in [0.15, 0.2) is 18.2 Å². The molecule has 0 spiro atoms. The Morgan fingerprint density at radius 3 is 2.50 bits per heavy atom. The Morgan fingerprint density at radius 1 is 1.39 bits per heavy atom. The molecule has 0 amide bonds. The summed E-state index contributed by atoms with van der Waals surface area (Å²) in [5.74, 6) is 0.00268. The van der Waals surface area contributed by atoms with Gasteiger partial charge in [0.1, 0.15) is 5.75 Å². The highest BCUT2D eigenvalue weighted by molar-refractivity contribution is 6.32. The highest BCUT2D eigenvalue weighted by Gasteiger charge is 2.45. The number of ether oxygens (including phenoxy) is 1. The molecule has 2 N–H and O–H groups in total. The van der Waals surface area contributed by atoms with Crippen molar-refractivity contribution in [3.8, 4) is 5.75 Å². The van der Waals surface area contributed by atoms with Crippen molar-refractivity contribution in [2.45, 2.75) is 38.6 Å². The third-order valence-electron chi connectivity index (χ3n) is 2.52. The second-order valence-electron chi connectivity index (χ2n) is 4.09. The zero-order valence-corrected chi connectivity index (χ0v) is 10.8. The van der Waals surface area contributed by atoms with E-state index in [9.17, 15) is 13.2 Å². The summed E-state index contributed by atoms with van der Waals surface area (Å²) in [6.07, 6.45) is -6.42. The number of hydrogen-bond acceptors (Lipinski definition) is 2. The van der Waals surface area contributed by atoms with Gasteiger partial charge in [-0.15, -0.1) is 0 Å². The first kappa shape index (κ1) is 15.1. The predicted molar refractivity (Wildman–Crippen MR) is 64.9 cm³/mol. The predicted octanol–water partition coefficient (Wildman–Crippen LogP) is 3.70. The van der Waals surface area contributed by atoms with Crippen molar-refractivity contribution in [2.75, 3.05) is 0 Å². The van der Waals surface area contributed by atoms with Crippen LogP contribution in [-0.2, 0) is 0 Å². The second-order valence-corrected chi connectivity index (χ2v) is 4.49. The summed E-state index contributed by atoms with van der Waals surface area (Å²) in [4.78, 5) is 0. The molecule has 0 heterocycles. The van der Waals surface area contributed by atoms with Gasteiger partial charge in [0.15, 0.2) is 0 Å². The average molecular weight is 282 g/mol. The van der Waals surface area contributed by atoms with Gasteiger partial charge in [0, 0.05) is 0 Å². The first-order valence-corrected chi connectivity index (χ1v) is 5.88. The molecular formula is C12H15ClF3NO. The van der Waals surface area contributed by atoms with E-state index in [-0.39, 0.29) is 17.2 Å². The van der Waals surface area contributed by atoms with E-state index in [1.807, 2.05) is 0 Å². The number of alkyl halides is 3. The van der Waals surface area contributed by atoms with E-state index in [2.05, 4.69) is 0 Å². The number of rotatable bonds is 4. The summed E-state index contributed by atoms with van der Waals surface area (Å²) < 4.78 is 43.4. The van der Waals surface area contributed by atoms with Crippen LogP contribution in [0.25, 0.3) is 0 Å². The molecule has 1 aromatic carbocycles. The van der Waals surface area contributed by atoms with Gasteiger partial charge in [-0.1, -0.05) is 24.6 Å².